The monoisotopic (exact) mass is 383 g/mol. The lowest BCUT2D eigenvalue weighted by Crippen LogP contribution is -2.36. The number of nitrogens with one attached hydrogen (secondary N) is 2. The highest BCUT2D eigenvalue weighted by molar-refractivity contribution is 6.30. The van der Waals surface area contributed by atoms with Gasteiger partial charge in [0, 0.05) is 23.7 Å². The maximum atomic E-state index is 12.5. The maximum absolute atomic E-state index is 12.5. The highest BCUT2D eigenvalue weighted by Gasteiger charge is 2.11. The van der Waals surface area contributed by atoms with Gasteiger partial charge < -0.3 is 20.5 Å². The Labute approximate surface area is 155 Å². The van der Waals surface area contributed by atoms with Crippen LogP contribution in [0, 0.1) is 0 Å². The van der Waals surface area contributed by atoms with Crippen molar-refractivity contribution in [2.24, 2.45) is 4.99 Å². The molecule has 0 saturated heterocycles. The zero-order valence-corrected chi connectivity index (χ0v) is 14.9. The van der Waals surface area contributed by atoms with Crippen molar-refractivity contribution in [2.45, 2.75) is 26.6 Å². The van der Waals surface area contributed by atoms with Crippen LogP contribution in [0.1, 0.15) is 18.1 Å². The number of ether oxygens (including phenoxy) is 1. The third kappa shape index (κ3) is 6.40. The molecule has 0 atom stereocenters. The number of halogens is 3. The summed E-state index contributed by atoms with van der Waals surface area (Å²) in [6.45, 7) is 0.175. The molecule has 0 aliphatic carbocycles. The van der Waals surface area contributed by atoms with E-state index in [1.807, 2.05) is 13.0 Å². The number of nitrogens with zero attached hydrogens (tertiary/aromatic N) is 1. The van der Waals surface area contributed by atoms with E-state index in [-0.39, 0.29) is 18.0 Å². The van der Waals surface area contributed by atoms with Gasteiger partial charge in [-0.25, -0.2) is 4.99 Å². The smallest absolute Gasteiger partial charge is 0.387 e. The summed E-state index contributed by atoms with van der Waals surface area (Å²) in [7, 11) is 0. The van der Waals surface area contributed by atoms with Crippen LogP contribution in [-0.4, -0.2) is 24.2 Å². The quantitative estimate of drug-likeness (QED) is 0.501. The van der Waals surface area contributed by atoms with Gasteiger partial charge in [-0.2, -0.15) is 8.78 Å². The molecule has 2 aromatic rings. The number of guanidine groups is 1. The van der Waals surface area contributed by atoms with E-state index in [1.165, 1.54) is 12.1 Å². The van der Waals surface area contributed by atoms with Crippen molar-refractivity contribution in [1.29, 1.82) is 0 Å². The summed E-state index contributed by atoms with van der Waals surface area (Å²) >= 11 is 5.95. The van der Waals surface area contributed by atoms with E-state index in [0.29, 0.717) is 29.6 Å². The average molecular weight is 384 g/mol. The molecule has 0 unspecified atom stereocenters. The molecule has 2 aromatic carbocycles. The van der Waals surface area contributed by atoms with E-state index >= 15 is 0 Å². The second kappa shape index (κ2) is 9.82. The molecule has 0 bridgehead atoms. The minimum absolute atomic E-state index is 0.0562. The van der Waals surface area contributed by atoms with Crippen LogP contribution in [0.4, 0.5) is 8.78 Å². The van der Waals surface area contributed by atoms with Gasteiger partial charge in [-0.15, -0.1) is 0 Å². The van der Waals surface area contributed by atoms with Gasteiger partial charge in [-0.05, 0) is 42.8 Å². The highest BCUT2D eigenvalue weighted by Crippen LogP contribution is 2.24. The zero-order chi connectivity index (χ0) is 18.9. The molecule has 8 heteroatoms. The normalized spacial score (nSPS) is 11.5. The Morgan fingerprint density at radius 2 is 2.04 bits per heavy atom. The molecule has 0 fully saturated rings. The largest absolute Gasteiger partial charge is 0.508 e. The summed E-state index contributed by atoms with van der Waals surface area (Å²) in [6, 6.07) is 11.2. The summed E-state index contributed by atoms with van der Waals surface area (Å²) < 4.78 is 29.6. The van der Waals surface area contributed by atoms with Gasteiger partial charge in [0.25, 0.3) is 0 Å². The summed E-state index contributed by atoms with van der Waals surface area (Å²) in [5, 5.41) is 16.0. The van der Waals surface area contributed by atoms with E-state index in [4.69, 9.17) is 11.6 Å². The summed E-state index contributed by atoms with van der Waals surface area (Å²) in [5.41, 5.74) is 1.33. The van der Waals surface area contributed by atoms with Crippen molar-refractivity contribution in [3.8, 4) is 11.5 Å². The Kier molecular flexibility index (Phi) is 7.47. The van der Waals surface area contributed by atoms with Crippen LogP contribution in [0.3, 0.4) is 0 Å². The molecule has 26 heavy (non-hydrogen) atoms. The first kappa shape index (κ1) is 19.8. The van der Waals surface area contributed by atoms with Crippen molar-refractivity contribution in [2.75, 3.05) is 6.54 Å². The summed E-state index contributed by atoms with van der Waals surface area (Å²) in [6.07, 6.45) is 0. The maximum Gasteiger partial charge on any atom is 0.387 e. The lowest BCUT2D eigenvalue weighted by atomic mass is 10.2. The predicted octanol–water partition coefficient (Wildman–Crippen LogP) is 3.90. The lowest BCUT2D eigenvalue weighted by Gasteiger charge is -2.14. The Bertz CT molecular complexity index is 757. The van der Waals surface area contributed by atoms with Gasteiger partial charge >= 0.3 is 6.61 Å². The molecule has 0 heterocycles. The fourth-order valence-electron chi connectivity index (χ4n) is 2.24. The van der Waals surface area contributed by atoms with Crippen LogP contribution in [0.2, 0.25) is 5.02 Å². The molecule has 0 amide bonds. The lowest BCUT2D eigenvalue weighted by molar-refractivity contribution is -0.0504. The average Bonchev–Trinajstić information content (AvgIpc) is 2.59. The number of aromatic hydroxyl groups is 1. The van der Waals surface area contributed by atoms with Gasteiger partial charge in [0.15, 0.2) is 5.96 Å². The molecular weight excluding hydrogens is 364 g/mol. The molecule has 5 nitrogen and oxygen atoms in total. The molecule has 2 rings (SSSR count). The van der Waals surface area contributed by atoms with Crippen molar-refractivity contribution in [1.82, 2.24) is 10.6 Å². The fraction of sp³-hybridized carbons (Fsp3) is 0.278. The number of benzene rings is 2. The van der Waals surface area contributed by atoms with Crippen molar-refractivity contribution >= 4 is 17.6 Å². The zero-order valence-electron chi connectivity index (χ0n) is 14.2. The fourth-order valence-corrected chi connectivity index (χ4v) is 2.44. The second-order valence-electron chi connectivity index (χ2n) is 5.35. The molecule has 0 spiro atoms. The molecule has 0 radical (unpaired) electrons. The van der Waals surface area contributed by atoms with Crippen LogP contribution in [-0.2, 0) is 13.1 Å². The van der Waals surface area contributed by atoms with E-state index in [0.717, 1.165) is 5.56 Å². The summed E-state index contributed by atoms with van der Waals surface area (Å²) in [4.78, 5) is 4.41. The van der Waals surface area contributed by atoms with Gasteiger partial charge in [0.05, 0.1) is 6.54 Å². The molecule has 0 aliphatic heterocycles. The molecule has 0 aromatic heterocycles. The molecule has 140 valence electrons. The Hall–Kier alpha value is -2.54. The number of hydrogen-bond donors (Lipinski definition) is 3. The van der Waals surface area contributed by atoms with Gasteiger partial charge in [-0.3, -0.25) is 0 Å². The topological polar surface area (TPSA) is 65.9 Å². The number of phenols is 1. The third-order valence-corrected chi connectivity index (χ3v) is 3.59. The highest BCUT2D eigenvalue weighted by atomic mass is 35.5. The molecule has 0 saturated carbocycles. The minimum atomic E-state index is -2.91. The molecular formula is C18H20ClF2N3O2. The van der Waals surface area contributed by atoms with E-state index in [2.05, 4.69) is 20.4 Å². The number of phenolic OH excluding ortho intramolecular Hbond substituents is 1. The van der Waals surface area contributed by atoms with Gasteiger partial charge in [0.1, 0.15) is 11.5 Å². The van der Waals surface area contributed by atoms with Crippen molar-refractivity contribution in [3.05, 3.63) is 58.6 Å². The van der Waals surface area contributed by atoms with Crippen LogP contribution in [0.15, 0.2) is 47.5 Å². The van der Waals surface area contributed by atoms with Crippen molar-refractivity contribution < 1.29 is 18.6 Å². The predicted molar refractivity (Wildman–Crippen MR) is 97.8 cm³/mol. The number of hydrogen-bond acceptors (Lipinski definition) is 3. The van der Waals surface area contributed by atoms with Gasteiger partial charge in [-0.1, -0.05) is 23.7 Å². The van der Waals surface area contributed by atoms with Crippen LogP contribution < -0.4 is 15.4 Å². The third-order valence-electron chi connectivity index (χ3n) is 3.36. The van der Waals surface area contributed by atoms with E-state index in [9.17, 15) is 13.9 Å². The van der Waals surface area contributed by atoms with Crippen LogP contribution in [0.25, 0.3) is 0 Å². The SMILES string of the molecule is CCNC(=NCc1cccc(O)c1)NCc1cc(Cl)ccc1OC(F)F. The molecule has 3 N–H and O–H groups in total. The standard InChI is InChI=1S/C18H20ClF2N3O2/c1-2-22-18(23-10-12-4-3-5-15(25)8-12)24-11-13-9-14(19)6-7-16(13)26-17(20)21/h3-9,17,25H,2,10-11H2,1H3,(H2,22,23,24). The summed E-state index contributed by atoms with van der Waals surface area (Å²) in [5.74, 6) is 0.725. The van der Waals surface area contributed by atoms with Crippen molar-refractivity contribution in [3.63, 3.8) is 0 Å². The Morgan fingerprint density at radius 3 is 2.73 bits per heavy atom. The van der Waals surface area contributed by atoms with Crippen LogP contribution >= 0.6 is 11.6 Å². The molecule has 0 aliphatic rings. The van der Waals surface area contributed by atoms with E-state index in [1.54, 1.807) is 24.3 Å². The van der Waals surface area contributed by atoms with E-state index < -0.39 is 6.61 Å². The first-order valence-electron chi connectivity index (χ1n) is 8.01. The van der Waals surface area contributed by atoms with Gasteiger partial charge in [0.2, 0.25) is 0 Å². The van der Waals surface area contributed by atoms with Crippen LogP contribution in [0.5, 0.6) is 11.5 Å². The minimum Gasteiger partial charge on any atom is -0.508 e. The Morgan fingerprint density at radius 1 is 1.23 bits per heavy atom. The Balaban J connectivity index is 2.08. The first-order chi connectivity index (χ1) is 12.5. The number of aliphatic imine (C=N–C) groups is 1. The number of rotatable bonds is 7. The second-order valence-corrected chi connectivity index (χ2v) is 5.79. The number of alkyl halides is 2. The first-order valence-corrected chi connectivity index (χ1v) is 8.39.